The molecule has 10 nitrogen and oxygen atoms in total. The summed E-state index contributed by atoms with van der Waals surface area (Å²) in [6, 6.07) is 15.5. The van der Waals surface area contributed by atoms with Crippen LogP contribution < -0.4 is 0 Å². The summed E-state index contributed by atoms with van der Waals surface area (Å²) in [6.45, 7) is 6.61. The number of ether oxygens (including phenoxy) is 1. The highest BCUT2D eigenvalue weighted by atomic mass is 16.5. The average molecular weight is 514 g/mol. The molecule has 1 unspecified atom stereocenters. The number of hydrogen-bond acceptors (Lipinski definition) is 7. The molecule has 0 saturated heterocycles. The minimum atomic E-state index is -0.795. The number of amides is 1. The van der Waals surface area contributed by atoms with Gasteiger partial charge in [0.05, 0.1) is 18.0 Å². The molecule has 0 bridgehead atoms. The molecular weight excluding hydrogens is 482 g/mol. The van der Waals surface area contributed by atoms with Crippen molar-refractivity contribution in [3.8, 4) is 22.5 Å². The summed E-state index contributed by atoms with van der Waals surface area (Å²) >= 11 is 0. The Labute approximate surface area is 221 Å². The number of carbonyl (C=O) groups excluding carboxylic acids is 2. The molecule has 10 heteroatoms. The summed E-state index contributed by atoms with van der Waals surface area (Å²) in [5, 5.41) is 14.3. The highest BCUT2D eigenvalue weighted by Crippen LogP contribution is 2.34. The number of esters is 1. The first kappa shape index (κ1) is 25.3. The third kappa shape index (κ3) is 4.81. The zero-order chi connectivity index (χ0) is 26.6. The van der Waals surface area contributed by atoms with Crippen LogP contribution in [0.1, 0.15) is 56.0 Å². The lowest BCUT2D eigenvalue weighted by molar-refractivity contribution is -0.155. The zero-order valence-electron chi connectivity index (χ0n) is 21.8. The van der Waals surface area contributed by atoms with Gasteiger partial charge in [0.1, 0.15) is 5.82 Å². The van der Waals surface area contributed by atoms with Crippen LogP contribution in [0.25, 0.3) is 22.5 Å². The number of H-pyrrole nitrogens is 1. The fraction of sp³-hybridized carbons (Fsp3) is 0.357. The number of nitrogens with one attached hydrogen (secondary N) is 1. The van der Waals surface area contributed by atoms with E-state index in [0.717, 1.165) is 52.3 Å². The first-order valence-electron chi connectivity index (χ1n) is 13.0. The van der Waals surface area contributed by atoms with Crippen molar-refractivity contribution in [2.45, 2.75) is 52.6 Å². The van der Waals surface area contributed by atoms with Gasteiger partial charge in [0, 0.05) is 38.4 Å². The zero-order valence-corrected chi connectivity index (χ0v) is 21.8. The van der Waals surface area contributed by atoms with E-state index in [2.05, 4.69) is 56.4 Å². The van der Waals surface area contributed by atoms with Crippen molar-refractivity contribution in [2.75, 3.05) is 13.2 Å². The minimum Gasteiger partial charge on any atom is -0.464 e. The molecule has 196 valence electrons. The van der Waals surface area contributed by atoms with Crippen LogP contribution in [0.3, 0.4) is 0 Å². The molecule has 3 heterocycles. The van der Waals surface area contributed by atoms with E-state index < -0.39 is 12.0 Å². The standard InChI is InChI=1S/C28H31N7O3/c1-4-8-24-29-23-15-16-34(18(3)36)26(28(37)38-5-2)25(23)35(24)17-19-11-13-20(14-12-19)21-9-6-7-10-22(21)27-30-32-33-31-27/h6-7,9-14,26H,4-5,8,15-17H2,1-3H3,(H,30,31,32,33). The lowest BCUT2D eigenvalue weighted by atomic mass is 9.98. The normalized spacial score (nSPS) is 14.8. The maximum atomic E-state index is 13.1. The predicted octanol–water partition coefficient (Wildman–Crippen LogP) is 3.74. The van der Waals surface area contributed by atoms with Crippen molar-refractivity contribution in [3.05, 3.63) is 71.3 Å². The number of rotatable bonds is 8. The second-order valence-corrected chi connectivity index (χ2v) is 9.31. The molecule has 0 fully saturated rings. The number of benzene rings is 2. The lowest BCUT2D eigenvalue weighted by Crippen LogP contribution is -2.44. The summed E-state index contributed by atoms with van der Waals surface area (Å²) in [5.74, 6) is 0.966. The van der Waals surface area contributed by atoms with Gasteiger partial charge in [-0.2, -0.15) is 0 Å². The molecule has 1 atom stereocenters. The molecule has 2 aromatic heterocycles. The molecule has 38 heavy (non-hydrogen) atoms. The highest BCUT2D eigenvalue weighted by molar-refractivity contribution is 5.85. The third-order valence-corrected chi connectivity index (χ3v) is 6.84. The van der Waals surface area contributed by atoms with E-state index in [-0.39, 0.29) is 12.5 Å². The van der Waals surface area contributed by atoms with Gasteiger partial charge in [-0.15, -0.1) is 5.10 Å². The Kier molecular flexibility index (Phi) is 7.30. The van der Waals surface area contributed by atoms with E-state index in [1.807, 2.05) is 24.3 Å². The van der Waals surface area contributed by atoms with Gasteiger partial charge in [-0.05, 0) is 40.5 Å². The van der Waals surface area contributed by atoms with Gasteiger partial charge in [-0.25, -0.2) is 14.9 Å². The molecule has 1 amide bonds. The van der Waals surface area contributed by atoms with Gasteiger partial charge >= 0.3 is 5.97 Å². The Balaban J connectivity index is 1.51. The van der Waals surface area contributed by atoms with E-state index in [1.165, 1.54) is 6.92 Å². The number of aryl methyl sites for hydroxylation is 1. The number of carbonyl (C=O) groups is 2. The van der Waals surface area contributed by atoms with Crippen LogP contribution in [0, 0.1) is 0 Å². The van der Waals surface area contributed by atoms with E-state index in [1.54, 1.807) is 11.8 Å². The quantitative estimate of drug-likeness (QED) is 0.357. The van der Waals surface area contributed by atoms with E-state index in [9.17, 15) is 9.59 Å². The van der Waals surface area contributed by atoms with Crippen LogP contribution >= 0.6 is 0 Å². The Morgan fingerprint density at radius 3 is 2.50 bits per heavy atom. The summed E-state index contributed by atoms with van der Waals surface area (Å²) in [6.07, 6.45) is 2.31. The number of nitrogens with zero attached hydrogens (tertiary/aromatic N) is 6. The van der Waals surface area contributed by atoms with Crippen LogP contribution in [-0.4, -0.2) is 60.1 Å². The molecular formula is C28H31N7O3. The monoisotopic (exact) mass is 513 g/mol. The molecule has 0 saturated carbocycles. The molecule has 2 aromatic carbocycles. The number of tetrazole rings is 1. The van der Waals surface area contributed by atoms with Crippen molar-refractivity contribution in [2.24, 2.45) is 0 Å². The van der Waals surface area contributed by atoms with Gasteiger partial charge in [0.2, 0.25) is 5.91 Å². The van der Waals surface area contributed by atoms with Gasteiger partial charge in [-0.3, -0.25) is 4.79 Å². The first-order chi connectivity index (χ1) is 18.5. The maximum absolute atomic E-state index is 13.1. The fourth-order valence-electron chi connectivity index (χ4n) is 5.14. The summed E-state index contributed by atoms with van der Waals surface area (Å²) < 4.78 is 7.52. The second-order valence-electron chi connectivity index (χ2n) is 9.31. The van der Waals surface area contributed by atoms with Crippen LogP contribution in [0.2, 0.25) is 0 Å². The Bertz CT molecular complexity index is 1430. The SMILES string of the molecule is CCCc1nc2c(n1Cc1ccc(-c3ccccc3-c3nnn[nH]3)cc1)C(C(=O)OCC)N(C(C)=O)CC2. The number of aromatic nitrogens is 6. The molecule has 1 aliphatic rings. The van der Waals surface area contributed by atoms with Crippen molar-refractivity contribution in [3.63, 3.8) is 0 Å². The van der Waals surface area contributed by atoms with Crippen LogP contribution in [0.4, 0.5) is 0 Å². The van der Waals surface area contributed by atoms with Gasteiger partial charge in [-0.1, -0.05) is 55.5 Å². The summed E-state index contributed by atoms with van der Waals surface area (Å²) in [5.41, 5.74) is 5.67. The van der Waals surface area contributed by atoms with Crippen molar-refractivity contribution >= 4 is 11.9 Å². The van der Waals surface area contributed by atoms with Crippen LogP contribution in [-0.2, 0) is 33.7 Å². The molecule has 5 rings (SSSR count). The summed E-state index contributed by atoms with van der Waals surface area (Å²) in [7, 11) is 0. The molecule has 1 aliphatic heterocycles. The number of hydrogen-bond donors (Lipinski definition) is 1. The Morgan fingerprint density at radius 2 is 1.84 bits per heavy atom. The van der Waals surface area contributed by atoms with E-state index >= 15 is 0 Å². The second kappa shape index (κ2) is 11.0. The van der Waals surface area contributed by atoms with Gasteiger partial charge < -0.3 is 14.2 Å². The maximum Gasteiger partial charge on any atom is 0.335 e. The van der Waals surface area contributed by atoms with E-state index in [0.29, 0.717) is 25.3 Å². The molecule has 0 spiro atoms. The molecule has 0 radical (unpaired) electrons. The number of aromatic amines is 1. The third-order valence-electron chi connectivity index (χ3n) is 6.84. The lowest BCUT2D eigenvalue weighted by Gasteiger charge is -2.34. The van der Waals surface area contributed by atoms with Gasteiger partial charge in [0.15, 0.2) is 11.9 Å². The van der Waals surface area contributed by atoms with Crippen LogP contribution in [0.15, 0.2) is 48.5 Å². The largest absolute Gasteiger partial charge is 0.464 e. The Morgan fingerprint density at radius 1 is 1.08 bits per heavy atom. The number of fused-ring (bicyclic) bond motifs is 1. The summed E-state index contributed by atoms with van der Waals surface area (Å²) in [4.78, 5) is 32.1. The molecule has 4 aromatic rings. The van der Waals surface area contributed by atoms with Gasteiger partial charge in [0.25, 0.3) is 0 Å². The molecule has 1 N–H and O–H groups in total. The van der Waals surface area contributed by atoms with Crippen molar-refractivity contribution < 1.29 is 14.3 Å². The fourth-order valence-corrected chi connectivity index (χ4v) is 5.14. The smallest absolute Gasteiger partial charge is 0.335 e. The average Bonchev–Trinajstić information content (AvgIpc) is 3.58. The minimum absolute atomic E-state index is 0.150. The highest BCUT2D eigenvalue weighted by Gasteiger charge is 2.40. The predicted molar refractivity (Wildman–Crippen MR) is 141 cm³/mol. The van der Waals surface area contributed by atoms with Crippen molar-refractivity contribution in [1.82, 2.24) is 35.1 Å². The van der Waals surface area contributed by atoms with E-state index in [4.69, 9.17) is 9.72 Å². The van der Waals surface area contributed by atoms with Crippen LogP contribution in [0.5, 0.6) is 0 Å². The topological polar surface area (TPSA) is 119 Å². The Hall–Kier alpha value is -4.34. The van der Waals surface area contributed by atoms with Crippen molar-refractivity contribution in [1.29, 1.82) is 0 Å². The first-order valence-corrected chi connectivity index (χ1v) is 13.0. The molecule has 0 aliphatic carbocycles. The number of imidazole rings is 1.